The predicted octanol–water partition coefficient (Wildman–Crippen LogP) is 3.48. The fourth-order valence-corrected chi connectivity index (χ4v) is 3.91. The van der Waals surface area contributed by atoms with Crippen molar-refractivity contribution in [1.29, 1.82) is 0 Å². The summed E-state index contributed by atoms with van der Waals surface area (Å²) in [6.07, 6.45) is 3.33. The molecule has 1 saturated heterocycles. The van der Waals surface area contributed by atoms with Gasteiger partial charge >= 0.3 is 0 Å². The third kappa shape index (κ3) is 2.37. The SMILES string of the molecule is CC1CCCC2NC(=S)N(c3ccc(Br)cc3)C(=O)C12. The molecule has 3 nitrogen and oxygen atoms in total. The number of benzene rings is 1. The summed E-state index contributed by atoms with van der Waals surface area (Å²) in [5, 5.41) is 3.90. The highest BCUT2D eigenvalue weighted by Gasteiger charge is 2.44. The van der Waals surface area contributed by atoms with Gasteiger partial charge in [0.1, 0.15) is 0 Å². The number of rotatable bonds is 1. The average molecular weight is 353 g/mol. The number of halogens is 1. The Balaban J connectivity index is 1.93. The molecule has 1 aromatic carbocycles. The zero-order valence-corrected chi connectivity index (χ0v) is 13.7. The van der Waals surface area contributed by atoms with Crippen LogP contribution in [0.3, 0.4) is 0 Å². The molecule has 2 fully saturated rings. The van der Waals surface area contributed by atoms with Gasteiger partial charge in [-0.3, -0.25) is 9.69 Å². The summed E-state index contributed by atoms with van der Waals surface area (Å²) in [5.74, 6) is 0.599. The van der Waals surface area contributed by atoms with Crippen molar-refractivity contribution in [3.8, 4) is 0 Å². The molecule has 1 aromatic rings. The van der Waals surface area contributed by atoms with Crippen LogP contribution in [0.2, 0.25) is 0 Å². The maximum absolute atomic E-state index is 12.9. The third-order valence-corrected chi connectivity index (χ3v) is 5.15. The topological polar surface area (TPSA) is 32.3 Å². The Morgan fingerprint density at radius 1 is 1.30 bits per heavy atom. The van der Waals surface area contributed by atoms with Crippen LogP contribution < -0.4 is 10.2 Å². The van der Waals surface area contributed by atoms with Gasteiger partial charge in [0.15, 0.2) is 5.11 Å². The number of nitrogens with zero attached hydrogens (tertiary/aromatic N) is 1. The summed E-state index contributed by atoms with van der Waals surface area (Å²) >= 11 is 8.82. The van der Waals surface area contributed by atoms with Gasteiger partial charge in [-0.1, -0.05) is 29.3 Å². The molecule has 1 aliphatic heterocycles. The van der Waals surface area contributed by atoms with Crippen LogP contribution in [0, 0.1) is 11.8 Å². The lowest BCUT2D eigenvalue weighted by Gasteiger charge is -2.44. The summed E-state index contributed by atoms with van der Waals surface area (Å²) in [6.45, 7) is 2.17. The molecule has 106 valence electrons. The van der Waals surface area contributed by atoms with Crippen LogP contribution in [0.5, 0.6) is 0 Å². The zero-order chi connectivity index (χ0) is 14.3. The monoisotopic (exact) mass is 352 g/mol. The number of nitrogens with one attached hydrogen (secondary N) is 1. The van der Waals surface area contributed by atoms with Gasteiger partial charge in [0.25, 0.3) is 0 Å². The van der Waals surface area contributed by atoms with Crippen LogP contribution in [0.25, 0.3) is 0 Å². The van der Waals surface area contributed by atoms with Crippen LogP contribution in [-0.2, 0) is 4.79 Å². The Bertz CT molecular complexity index is 545. The molecule has 0 spiro atoms. The standard InChI is InChI=1S/C15H17BrN2OS/c1-9-3-2-4-12-13(9)14(19)18(15(20)17-12)11-7-5-10(16)6-8-11/h5-9,12-13H,2-4H2,1H3,(H,17,20). The number of anilines is 1. The highest BCUT2D eigenvalue weighted by Crippen LogP contribution is 2.35. The molecule has 3 unspecified atom stereocenters. The molecule has 3 atom stereocenters. The van der Waals surface area contributed by atoms with Crippen molar-refractivity contribution >= 4 is 44.9 Å². The zero-order valence-electron chi connectivity index (χ0n) is 11.3. The molecule has 1 aliphatic carbocycles. The van der Waals surface area contributed by atoms with E-state index in [0.29, 0.717) is 11.0 Å². The Morgan fingerprint density at radius 2 is 2.00 bits per heavy atom. The molecule has 0 aromatic heterocycles. The first kappa shape index (κ1) is 14.0. The number of amides is 1. The van der Waals surface area contributed by atoms with Gasteiger partial charge in [-0.05, 0) is 55.2 Å². The largest absolute Gasteiger partial charge is 0.358 e. The van der Waals surface area contributed by atoms with E-state index in [0.717, 1.165) is 23.0 Å². The lowest BCUT2D eigenvalue weighted by Crippen LogP contribution is -2.62. The van der Waals surface area contributed by atoms with Gasteiger partial charge < -0.3 is 5.32 Å². The molecule has 1 N–H and O–H groups in total. The van der Waals surface area contributed by atoms with Crippen molar-refractivity contribution < 1.29 is 4.79 Å². The van der Waals surface area contributed by atoms with E-state index < -0.39 is 0 Å². The van der Waals surface area contributed by atoms with Crippen LogP contribution in [-0.4, -0.2) is 17.1 Å². The molecular weight excluding hydrogens is 336 g/mol. The normalized spacial score (nSPS) is 29.9. The van der Waals surface area contributed by atoms with E-state index in [2.05, 4.69) is 28.2 Å². The molecule has 0 bridgehead atoms. The van der Waals surface area contributed by atoms with Crippen molar-refractivity contribution in [2.45, 2.75) is 32.2 Å². The molecule has 0 radical (unpaired) electrons. The molecule has 3 rings (SSSR count). The van der Waals surface area contributed by atoms with Crippen LogP contribution in [0.4, 0.5) is 5.69 Å². The Kier molecular flexibility index (Phi) is 3.82. The Hall–Kier alpha value is -0.940. The fourth-order valence-electron chi connectivity index (χ4n) is 3.30. The van der Waals surface area contributed by atoms with E-state index in [1.165, 1.54) is 6.42 Å². The molecule has 5 heteroatoms. The summed E-state index contributed by atoms with van der Waals surface area (Å²) in [5.41, 5.74) is 0.840. The summed E-state index contributed by atoms with van der Waals surface area (Å²) in [7, 11) is 0. The molecule has 1 amide bonds. The minimum absolute atomic E-state index is 0.0408. The van der Waals surface area contributed by atoms with Crippen molar-refractivity contribution in [2.75, 3.05) is 4.90 Å². The third-order valence-electron chi connectivity index (χ3n) is 4.32. The highest BCUT2D eigenvalue weighted by atomic mass is 79.9. The smallest absolute Gasteiger partial charge is 0.238 e. The Morgan fingerprint density at radius 3 is 2.70 bits per heavy atom. The molecule has 2 aliphatic rings. The minimum Gasteiger partial charge on any atom is -0.358 e. The van der Waals surface area contributed by atoms with Gasteiger partial charge in [-0.2, -0.15) is 0 Å². The first-order chi connectivity index (χ1) is 9.58. The maximum Gasteiger partial charge on any atom is 0.238 e. The van der Waals surface area contributed by atoms with Crippen molar-refractivity contribution in [2.24, 2.45) is 11.8 Å². The van der Waals surface area contributed by atoms with E-state index in [1.54, 1.807) is 4.90 Å². The molecule has 20 heavy (non-hydrogen) atoms. The second-order valence-electron chi connectivity index (χ2n) is 5.64. The lowest BCUT2D eigenvalue weighted by atomic mass is 9.75. The average Bonchev–Trinajstić information content (AvgIpc) is 2.40. The number of hydrogen-bond donors (Lipinski definition) is 1. The molecular formula is C15H17BrN2OS. The Labute approximate surface area is 132 Å². The van der Waals surface area contributed by atoms with E-state index in [4.69, 9.17) is 12.2 Å². The first-order valence-electron chi connectivity index (χ1n) is 6.98. The quantitative estimate of drug-likeness (QED) is 0.785. The van der Waals surface area contributed by atoms with Crippen LogP contribution in [0.15, 0.2) is 28.7 Å². The minimum atomic E-state index is 0.0408. The number of carbonyl (C=O) groups is 1. The highest BCUT2D eigenvalue weighted by molar-refractivity contribution is 9.10. The van der Waals surface area contributed by atoms with E-state index in [9.17, 15) is 4.79 Å². The number of carbonyl (C=O) groups excluding carboxylic acids is 1. The molecule has 1 heterocycles. The molecule has 1 saturated carbocycles. The first-order valence-corrected chi connectivity index (χ1v) is 8.18. The van der Waals surface area contributed by atoms with Crippen molar-refractivity contribution in [1.82, 2.24) is 5.32 Å². The van der Waals surface area contributed by atoms with Crippen LogP contribution in [0.1, 0.15) is 26.2 Å². The summed E-state index contributed by atoms with van der Waals surface area (Å²) in [4.78, 5) is 14.5. The number of fused-ring (bicyclic) bond motifs is 1. The maximum atomic E-state index is 12.9. The summed E-state index contributed by atoms with van der Waals surface area (Å²) < 4.78 is 0.994. The van der Waals surface area contributed by atoms with E-state index in [-0.39, 0.29) is 17.9 Å². The van der Waals surface area contributed by atoms with Crippen LogP contribution >= 0.6 is 28.1 Å². The lowest BCUT2D eigenvalue weighted by molar-refractivity contribution is -0.125. The van der Waals surface area contributed by atoms with E-state index >= 15 is 0 Å². The number of hydrogen-bond acceptors (Lipinski definition) is 2. The summed E-state index contributed by atoms with van der Waals surface area (Å²) in [6, 6.07) is 7.92. The second-order valence-corrected chi connectivity index (χ2v) is 6.94. The van der Waals surface area contributed by atoms with Crippen molar-refractivity contribution in [3.05, 3.63) is 28.7 Å². The second kappa shape index (κ2) is 5.45. The van der Waals surface area contributed by atoms with Gasteiger partial charge in [-0.15, -0.1) is 0 Å². The van der Waals surface area contributed by atoms with E-state index in [1.807, 2.05) is 24.3 Å². The van der Waals surface area contributed by atoms with Crippen molar-refractivity contribution in [3.63, 3.8) is 0 Å². The predicted molar refractivity (Wildman–Crippen MR) is 87.7 cm³/mol. The number of thiocarbonyl (C=S) groups is 1. The van der Waals surface area contributed by atoms with Gasteiger partial charge in [0.2, 0.25) is 5.91 Å². The fraction of sp³-hybridized carbons (Fsp3) is 0.467. The van der Waals surface area contributed by atoms with Gasteiger partial charge in [0, 0.05) is 10.5 Å². The van der Waals surface area contributed by atoms with Gasteiger partial charge in [0.05, 0.1) is 11.6 Å². The van der Waals surface area contributed by atoms with Gasteiger partial charge in [-0.25, -0.2) is 0 Å².